The molecule has 2 aromatic rings. The summed E-state index contributed by atoms with van der Waals surface area (Å²) in [6.07, 6.45) is 0. The molecule has 1 saturated heterocycles. The van der Waals surface area contributed by atoms with Crippen molar-refractivity contribution in [3.8, 4) is 0 Å². The predicted molar refractivity (Wildman–Crippen MR) is 119 cm³/mol. The van der Waals surface area contributed by atoms with Gasteiger partial charge in [0.25, 0.3) is 5.72 Å². The van der Waals surface area contributed by atoms with Gasteiger partial charge in [-0.2, -0.15) is 0 Å². The first-order valence-corrected chi connectivity index (χ1v) is 10.4. The number of Topliss-reactive ketones (excluding diaryl/α,β-unsaturated/α-hetero) is 1. The minimum absolute atomic E-state index is 0.0581. The van der Waals surface area contributed by atoms with Crippen molar-refractivity contribution < 1.29 is 19.4 Å². The number of rotatable bonds is 6. The van der Waals surface area contributed by atoms with E-state index in [1.165, 1.54) is 4.90 Å². The van der Waals surface area contributed by atoms with Crippen LogP contribution < -0.4 is 10.2 Å². The molecule has 0 bridgehead atoms. The maximum atomic E-state index is 13.4. The smallest absolute Gasteiger partial charge is 0.361 e. The molecule has 0 radical (unpaired) electrons. The molecule has 2 aromatic carbocycles. The van der Waals surface area contributed by atoms with Crippen molar-refractivity contribution in [1.82, 2.24) is 5.32 Å². The zero-order valence-corrected chi connectivity index (χ0v) is 18.1. The van der Waals surface area contributed by atoms with Crippen LogP contribution in [0.5, 0.6) is 0 Å². The van der Waals surface area contributed by atoms with E-state index in [4.69, 9.17) is 17.0 Å². The van der Waals surface area contributed by atoms with Crippen LogP contribution in [0.25, 0.3) is 0 Å². The van der Waals surface area contributed by atoms with E-state index in [1.807, 2.05) is 36.4 Å². The lowest BCUT2D eigenvalue weighted by atomic mass is 9.75. The molecule has 0 spiro atoms. The van der Waals surface area contributed by atoms with Gasteiger partial charge < -0.3 is 15.2 Å². The Hall–Kier alpha value is -2.77. The Morgan fingerprint density at radius 2 is 1.70 bits per heavy atom. The van der Waals surface area contributed by atoms with Crippen LogP contribution in [0.2, 0.25) is 0 Å². The zero-order chi connectivity index (χ0) is 21.9. The molecule has 7 heteroatoms. The molecule has 0 amide bonds. The van der Waals surface area contributed by atoms with Crippen molar-refractivity contribution in [3.63, 3.8) is 0 Å². The number of ketones is 1. The average molecular weight is 427 g/mol. The standard InChI is InChI=1S/C23H26N2O4S/c1-4-29-21(27)23(28)18(20(26)15(2)3)19(16-11-7-5-8-12-16)24-22(30)25(23)17-13-9-6-10-14-17/h5-15,18-19,28H,4H2,1-3H3,(H,24,30). The van der Waals surface area contributed by atoms with E-state index < -0.39 is 29.6 Å². The molecule has 6 nitrogen and oxygen atoms in total. The second kappa shape index (κ2) is 8.93. The van der Waals surface area contributed by atoms with Crippen LogP contribution in [0, 0.1) is 11.8 Å². The Kier molecular flexibility index (Phi) is 6.53. The third kappa shape index (κ3) is 3.82. The fourth-order valence-electron chi connectivity index (χ4n) is 3.81. The maximum absolute atomic E-state index is 13.4. The van der Waals surface area contributed by atoms with Gasteiger partial charge in [0, 0.05) is 11.6 Å². The van der Waals surface area contributed by atoms with E-state index in [-0.39, 0.29) is 17.5 Å². The fraction of sp³-hybridized carbons (Fsp3) is 0.348. The van der Waals surface area contributed by atoms with Crippen LogP contribution in [-0.2, 0) is 14.3 Å². The highest BCUT2D eigenvalue weighted by Crippen LogP contribution is 2.42. The summed E-state index contributed by atoms with van der Waals surface area (Å²) < 4.78 is 5.26. The van der Waals surface area contributed by atoms with Crippen LogP contribution in [0.15, 0.2) is 60.7 Å². The summed E-state index contributed by atoms with van der Waals surface area (Å²) in [5.41, 5.74) is -1.07. The number of carbonyl (C=O) groups is 2. The van der Waals surface area contributed by atoms with E-state index >= 15 is 0 Å². The summed E-state index contributed by atoms with van der Waals surface area (Å²) in [6.45, 7) is 5.20. The normalized spacial score (nSPS) is 23.8. The van der Waals surface area contributed by atoms with Crippen molar-refractivity contribution in [3.05, 3.63) is 66.2 Å². The van der Waals surface area contributed by atoms with E-state index in [1.54, 1.807) is 45.0 Å². The molecule has 1 heterocycles. The summed E-state index contributed by atoms with van der Waals surface area (Å²) in [7, 11) is 0. The van der Waals surface area contributed by atoms with Crippen molar-refractivity contribution in [1.29, 1.82) is 0 Å². The van der Waals surface area contributed by atoms with Crippen LogP contribution >= 0.6 is 12.2 Å². The lowest BCUT2D eigenvalue weighted by Crippen LogP contribution is -2.72. The largest absolute Gasteiger partial charge is 0.462 e. The molecule has 3 unspecified atom stereocenters. The first-order valence-electron chi connectivity index (χ1n) is 9.96. The van der Waals surface area contributed by atoms with Gasteiger partial charge in [-0.15, -0.1) is 0 Å². The van der Waals surface area contributed by atoms with E-state index in [0.29, 0.717) is 5.69 Å². The molecule has 158 valence electrons. The summed E-state index contributed by atoms with van der Waals surface area (Å²) in [5.74, 6) is -2.74. The van der Waals surface area contributed by atoms with E-state index in [0.717, 1.165) is 5.56 Å². The molecular weight excluding hydrogens is 400 g/mol. The number of ether oxygens (including phenoxy) is 1. The Labute approximate surface area is 181 Å². The first-order chi connectivity index (χ1) is 14.3. The SMILES string of the molecule is CCOC(=O)C1(O)C(C(=O)C(C)C)C(c2ccccc2)NC(=S)N1c1ccccc1. The van der Waals surface area contributed by atoms with Gasteiger partial charge in [0.15, 0.2) is 5.11 Å². The Bertz CT molecular complexity index is 919. The number of esters is 1. The molecular formula is C23H26N2O4S. The van der Waals surface area contributed by atoms with Crippen molar-refractivity contribution in [2.24, 2.45) is 11.8 Å². The highest BCUT2D eigenvalue weighted by Gasteiger charge is 2.61. The number of thiocarbonyl (C=S) groups is 1. The fourth-order valence-corrected chi connectivity index (χ4v) is 4.18. The third-order valence-electron chi connectivity index (χ3n) is 5.21. The number of carbonyl (C=O) groups excluding carboxylic acids is 2. The number of hydrogen-bond donors (Lipinski definition) is 2. The summed E-state index contributed by atoms with van der Waals surface area (Å²) >= 11 is 5.58. The number of hydrogen-bond acceptors (Lipinski definition) is 5. The quantitative estimate of drug-likeness (QED) is 0.542. The highest BCUT2D eigenvalue weighted by atomic mass is 32.1. The van der Waals surface area contributed by atoms with Crippen molar-refractivity contribution in [2.45, 2.75) is 32.5 Å². The minimum Gasteiger partial charge on any atom is -0.462 e. The maximum Gasteiger partial charge on any atom is 0.361 e. The number of nitrogens with zero attached hydrogens (tertiary/aromatic N) is 1. The number of anilines is 1. The summed E-state index contributed by atoms with van der Waals surface area (Å²) in [4.78, 5) is 27.9. The number of benzene rings is 2. The Balaban J connectivity index is 2.24. The third-order valence-corrected chi connectivity index (χ3v) is 5.51. The lowest BCUT2D eigenvalue weighted by molar-refractivity contribution is -0.176. The van der Waals surface area contributed by atoms with Crippen LogP contribution in [0.4, 0.5) is 5.69 Å². The number of aliphatic hydroxyl groups is 1. The van der Waals surface area contributed by atoms with Crippen LogP contribution in [0.3, 0.4) is 0 Å². The molecule has 3 rings (SSSR count). The van der Waals surface area contributed by atoms with Gasteiger partial charge in [-0.3, -0.25) is 9.69 Å². The molecule has 0 saturated carbocycles. The Morgan fingerprint density at radius 1 is 1.13 bits per heavy atom. The van der Waals surface area contributed by atoms with Gasteiger partial charge in [0.05, 0.1) is 12.6 Å². The summed E-state index contributed by atoms with van der Waals surface area (Å²) in [5, 5.41) is 15.3. The van der Waals surface area contributed by atoms with E-state index in [9.17, 15) is 14.7 Å². The first kappa shape index (κ1) is 21.9. The molecule has 30 heavy (non-hydrogen) atoms. The number of para-hydroxylation sites is 1. The van der Waals surface area contributed by atoms with Gasteiger partial charge in [-0.05, 0) is 36.8 Å². The zero-order valence-electron chi connectivity index (χ0n) is 17.2. The predicted octanol–water partition coefficient (Wildman–Crippen LogP) is 3.22. The lowest BCUT2D eigenvalue weighted by Gasteiger charge is -2.50. The molecule has 3 atom stereocenters. The minimum atomic E-state index is -2.30. The second-order valence-corrected chi connectivity index (χ2v) is 7.88. The second-order valence-electron chi connectivity index (χ2n) is 7.49. The van der Waals surface area contributed by atoms with Gasteiger partial charge >= 0.3 is 5.97 Å². The molecule has 0 aromatic heterocycles. The molecule has 0 aliphatic carbocycles. The molecule has 1 aliphatic rings. The molecule has 1 fully saturated rings. The highest BCUT2D eigenvalue weighted by molar-refractivity contribution is 7.80. The van der Waals surface area contributed by atoms with Gasteiger partial charge in [0.2, 0.25) is 0 Å². The molecule has 2 N–H and O–H groups in total. The monoisotopic (exact) mass is 426 g/mol. The van der Waals surface area contributed by atoms with Gasteiger partial charge in [-0.1, -0.05) is 62.4 Å². The molecule has 1 aliphatic heterocycles. The van der Waals surface area contributed by atoms with Crippen LogP contribution in [0.1, 0.15) is 32.4 Å². The van der Waals surface area contributed by atoms with Crippen LogP contribution in [-0.4, -0.2) is 34.3 Å². The van der Waals surface area contributed by atoms with Gasteiger partial charge in [0.1, 0.15) is 11.7 Å². The van der Waals surface area contributed by atoms with E-state index in [2.05, 4.69) is 5.32 Å². The van der Waals surface area contributed by atoms with Crippen molar-refractivity contribution in [2.75, 3.05) is 11.5 Å². The number of nitrogens with one attached hydrogen (secondary N) is 1. The van der Waals surface area contributed by atoms with Crippen molar-refractivity contribution >= 4 is 34.8 Å². The summed E-state index contributed by atoms with van der Waals surface area (Å²) in [6, 6.07) is 17.3. The average Bonchev–Trinajstić information content (AvgIpc) is 2.74. The van der Waals surface area contributed by atoms with Gasteiger partial charge in [-0.25, -0.2) is 4.79 Å². The topological polar surface area (TPSA) is 78.9 Å². The Morgan fingerprint density at radius 3 is 2.23 bits per heavy atom.